The minimum atomic E-state index is 0. The quantitative estimate of drug-likeness (QED) is 0.172. The van der Waals surface area contributed by atoms with Crippen LogP contribution in [0.5, 0.6) is 0 Å². The maximum atomic E-state index is 4.08. The van der Waals surface area contributed by atoms with Gasteiger partial charge in [0.05, 0.1) is 0 Å². The van der Waals surface area contributed by atoms with Crippen LogP contribution in [0.25, 0.3) is 0 Å². The summed E-state index contributed by atoms with van der Waals surface area (Å²) in [5.74, 6) is 1.63. The van der Waals surface area contributed by atoms with Crippen LogP contribution in [0, 0.1) is 37.3 Å². The van der Waals surface area contributed by atoms with Crippen LogP contribution in [-0.4, -0.2) is 23.5 Å². The Morgan fingerprint density at radius 3 is 1.69 bits per heavy atom. The van der Waals surface area contributed by atoms with Gasteiger partial charge < -0.3 is 18.2 Å². The Bertz CT molecular complexity index is 1360. The average Bonchev–Trinajstić information content (AvgIpc) is 3.71. The van der Waals surface area contributed by atoms with Crippen LogP contribution in [0.4, 0.5) is 5.69 Å². The standard InChI is InChI=1S/2C11H15N.2C11H14.2Y/c1-9(2)12-7-10-5-3-4-6-11(10)8-12;1-9(2)12-8-7-10-5-3-4-6-11(10)12;1-9(2)10(3)11-7-5-4-6-8-11;1-10(2)8-9-11-6-4-3-5-7-11;;/h2*3-6,9H,7-8H2,1-2H3;4-7,9-10H,3H2,1-2H3;3-6,8,10H,9H2,1-2H3;;/q;;2*-2;;. The Morgan fingerprint density at radius 2 is 1.21 bits per heavy atom. The van der Waals surface area contributed by atoms with E-state index in [0.717, 1.165) is 19.5 Å². The second-order valence-corrected chi connectivity index (χ2v) is 13.7. The van der Waals surface area contributed by atoms with Gasteiger partial charge >= 0.3 is 0 Å². The van der Waals surface area contributed by atoms with Crippen molar-refractivity contribution in [2.45, 2.75) is 99.3 Å². The van der Waals surface area contributed by atoms with Gasteiger partial charge in [0.25, 0.3) is 0 Å². The van der Waals surface area contributed by atoms with Crippen LogP contribution in [0.1, 0.15) is 89.1 Å². The van der Waals surface area contributed by atoms with Gasteiger partial charge in [-0.1, -0.05) is 76.1 Å². The summed E-state index contributed by atoms with van der Waals surface area (Å²) in [5, 5.41) is 0. The maximum Gasteiger partial charge on any atom is 0.0401 e. The van der Waals surface area contributed by atoms with E-state index in [1.807, 2.05) is 30.3 Å². The van der Waals surface area contributed by atoms with E-state index in [-0.39, 0.29) is 65.4 Å². The van der Waals surface area contributed by atoms with Crippen molar-refractivity contribution in [1.29, 1.82) is 0 Å². The molecule has 2 aliphatic rings. The second-order valence-electron chi connectivity index (χ2n) is 13.7. The number of fused-ring (bicyclic) bond motifs is 2. The summed E-state index contributed by atoms with van der Waals surface area (Å²) in [6.45, 7) is 25.3. The number of para-hydroxylation sites is 1. The molecule has 2 aliphatic heterocycles. The normalized spacial score (nSPS) is 13.6. The summed E-state index contributed by atoms with van der Waals surface area (Å²) >= 11 is 0. The minimum absolute atomic E-state index is 0. The van der Waals surface area contributed by atoms with Crippen molar-refractivity contribution < 1.29 is 65.4 Å². The fourth-order valence-corrected chi connectivity index (χ4v) is 5.54. The van der Waals surface area contributed by atoms with E-state index < -0.39 is 0 Å². The fraction of sp³-hybridized carbons (Fsp3) is 0.409. The van der Waals surface area contributed by atoms with E-state index >= 15 is 0 Å². The number of nitrogens with zero attached hydrogens (tertiary/aromatic N) is 2. The van der Waals surface area contributed by atoms with Gasteiger partial charge in [-0.2, -0.15) is 90.0 Å². The molecule has 4 heteroatoms. The molecular formula is C44H58N2Y2-4. The summed E-state index contributed by atoms with van der Waals surface area (Å²) in [6.07, 6.45) is 4.55. The SMILES string of the molecule is CC(C)N1CCc2ccccc21.CC(C)N1Cc2ccccc2C1.CC(C)[CH-]Cc1[c-]cccc1.[CH2-]C(c1[c-]cccc1)C(C)C.[Y].[Y]. The van der Waals surface area contributed by atoms with Gasteiger partial charge in [0, 0.05) is 103 Å². The Hall–Kier alpha value is -1.15. The number of benzene rings is 4. The third-order valence-corrected chi connectivity index (χ3v) is 8.66. The van der Waals surface area contributed by atoms with E-state index in [4.69, 9.17) is 0 Å². The Balaban J connectivity index is 0.000000316. The number of anilines is 1. The largest absolute Gasteiger partial charge is 0.369 e. The molecule has 0 saturated carbocycles. The minimum Gasteiger partial charge on any atom is -0.369 e. The van der Waals surface area contributed by atoms with E-state index in [1.165, 1.54) is 46.5 Å². The molecule has 0 aliphatic carbocycles. The first kappa shape index (κ1) is 44.9. The molecule has 0 bridgehead atoms. The van der Waals surface area contributed by atoms with E-state index in [2.05, 4.69) is 157 Å². The zero-order chi connectivity index (χ0) is 33.5. The van der Waals surface area contributed by atoms with Gasteiger partial charge in [0.15, 0.2) is 0 Å². The fourth-order valence-electron chi connectivity index (χ4n) is 5.54. The zero-order valence-electron chi connectivity index (χ0n) is 31.0. The van der Waals surface area contributed by atoms with Gasteiger partial charge in [0.1, 0.15) is 0 Å². The molecule has 0 saturated heterocycles. The first-order valence-electron chi connectivity index (χ1n) is 17.3. The summed E-state index contributed by atoms with van der Waals surface area (Å²) in [7, 11) is 0. The molecule has 4 aromatic rings. The van der Waals surface area contributed by atoms with Crippen LogP contribution in [0.15, 0.2) is 97.1 Å². The Labute approximate surface area is 345 Å². The third kappa shape index (κ3) is 15.4. The number of hydrogen-bond donors (Lipinski definition) is 0. The second kappa shape index (κ2) is 24.1. The van der Waals surface area contributed by atoms with E-state index in [0.29, 0.717) is 29.8 Å². The van der Waals surface area contributed by atoms with Crippen molar-refractivity contribution in [1.82, 2.24) is 4.90 Å². The van der Waals surface area contributed by atoms with Gasteiger partial charge in [-0.05, 0) is 56.9 Å². The van der Waals surface area contributed by atoms with Crippen LogP contribution >= 0.6 is 0 Å². The van der Waals surface area contributed by atoms with Crippen LogP contribution < -0.4 is 4.90 Å². The van der Waals surface area contributed by atoms with E-state index in [1.54, 1.807) is 0 Å². The average molecular weight is 793 g/mol. The molecule has 0 amide bonds. The topological polar surface area (TPSA) is 6.48 Å². The predicted molar refractivity (Wildman–Crippen MR) is 200 cm³/mol. The van der Waals surface area contributed by atoms with Crippen molar-refractivity contribution in [2.75, 3.05) is 11.4 Å². The smallest absolute Gasteiger partial charge is 0.0401 e. The Kier molecular flexibility index (Phi) is 22.5. The molecule has 48 heavy (non-hydrogen) atoms. The molecule has 0 fully saturated rings. The predicted octanol–water partition coefficient (Wildman–Crippen LogP) is 10.8. The molecule has 1 atom stereocenters. The summed E-state index contributed by atoms with van der Waals surface area (Å²) in [5.41, 5.74) is 8.44. The maximum absolute atomic E-state index is 4.08. The molecule has 2 heterocycles. The zero-order valence-corrected chi connectivity index (χ0v) is 36.7. The molecule has 6 rings (SSSR count). The van der Waals surface area contributed by atoms with Gasteiger partial charge in [-0.15, -0.1) is 0 Å². The van der Waals surface area contributed by atoms with Crippen molar-refractivity contribution in [3.8, 4) is 0 Å². The number of hydrogen-bond acceptors (Lipinski definition) is 2. The summed E-state index contributed by atoms with van der Waals surface area (Å²) < 4.78 is 0. The van der Waals surface area contributed by atoms with Crippen LogP contribution in [0.2, 0.25) is 0 Å². The molecule has 254 valence electrons. The van der Waals surface area contributed by atoms with Crippen molar-refractivity contribution in [3.05, 3.63) is 150 Å². The molecule has 1 unspecified atom stereocenters. The first-order valence-corrected chi connectivity index (χ1v) is 17.3. The van der Waals surface area contributed by atoms with Crippen LogP contribution in [-0.2, 0) is 91.3 Å². The molecule has 4 aromatic carbocycles. The molecule has 0 spiro atoms. The molecule has 0 aromatic heterocycles. The molecule has 0 N–H and O–H groups in total. The van der Waals surface area contributed by atoms with Crippen molar-refractivity contribution in [3.63, 3.8) is 0 Å². The molecule has 2 radical (unpaired) electrons. The Morgan fingerprint density at radius 1 is 0.667 bits per heavy atom. The van der Waals surface area contributed by atoms with Gasteiger partial charge in [-0.25, -0.2) is 0 Å². The van der Waals surface area contributed by atoms with Gasteiger partial charge in [-0.3, -0.25) is 4.90 Å². The molecule has 2 nitrogen and oxygen atoms in total. The summed E-state index contributed by atoms with van der Waals surface area (Å²) in [4.78, 5) is 4.96. The number of rotatable bonds is 7. The molecular weight excluding hydrogens is 734 g/mol. The van der Waals surface area contributed by atoms with Crippen LogP contribution in [0.3, 0.4) is 0 Å². The van der Waals surface area contributed by atoms with Gasteiger partial charge in [0.2, 0.25) is 0 Å². The monoisotopic (exact) mass is 792 g/mol. The third-order valence-electron chi connectivity index (χ3n) is 8.66. The summed E-state index contributed by atoms with van der Waals surface area (Å²) in [6, 6.07) is 41.3. The van der Waals surface area contributed by atoms with Crippen molar-refractivity contribution >= 4 is 5.69 Å². The first-order chi connectivity index (χ1) is 22.1. The van der Waals surface area contributed by atoms with Crippen molar-refractivity contribution in [2.24, 2.45) is 11.8 Å². The van der Waals surface area contributed by atoms with E-state index in [9.17, 15) is 0 Å².